The molecule has 0 radical (unpaired) electrons. The third kappa shape index (κ3) is 3.73. The van der Waals surface area contributed by atoms with Crippen LogP contribution in [-0.4, -0.2) is 24.2 Å². The molecule has 1 heterocycles. The van der Waals surface area contributed by atoms with E-state index < -0.39 is 0 Å². The van der Waals surface area contributed by atoms with Crippen LogP contribution in [0, 0.1) is 5.92 Å². The summed E-state index contributed by atoms with van der Waals surface area (Å²) in [6.07, 6.45) is 1.47. The molecule has 0 aliphatic carbocycles. The summed E-state index contributed by atoms with van der Waals surface area (Å²) in [4.78, 5) is 0. The monoisotopic (exact) mass is 266 g/mol. The lowest BCUT2D eigenvalue weighted by Crippen LogP contribution is -2.14. The summed E-state index contributed by atoms with van der Waals surface area (Å²) >= 11 is 2.05. The van der Waals surface area contributed by atoms with Gasteiger partial charge in [-0.25, -0.2) is 0 Å². The van der Waals surface area contributed by atoms with Gasteiger partial charge in [0.2, 0.25) is 0 Å². The van der Waals surface area contributed by atoms with Crippen LogP contribution in [-0.2, 0) is 0 Å². The first kappa shape index (κ1) is 13.4. The summed E-state index contributed by atoms with van der Waals surface area (Å²) in [6, 6.07) is 5.92. The van der Waals surface area contributed by atoms with Crippen LogP contribution in [0.25, 0.3) is 0 Å². The van der Waals surface area contributed by atoms with Crippen LogP contribution in [0.15, 0.2) is 18.2 Å². The predicted octanol–water partition coefficient (Wildman–Crippen LogP) is 3.22. The van der Waals surface area contributed by atoms with Gasteiger partial charge in [-0.15, -0.1) is 0 Å². The normalized spacial score (nSPS) is 19.2. The molecular weight excluding hydrogens is 244 g/mol. The molecule has 1 saturated heterocycles. The van der Waals surface area contributed by atoms with E-state index >= 15 is 0 Å². The van der Waals surface area contributed by atoms with Crippen molar-refractivity contribution in [2.24, 2.45) is 5.92 Å². The van der Waals surface area contributed by atoms with E-state index in [0.29, 0.717) is 5.69 Å². The molecule has 3 nitrogen and oxygen atoms in total. The van der Waals surface area contributed by atoms with E-state index in [1.165, 1.54) is 17.9 Å². The molecule has 0 saturated carbocycles. The summed E-state index contributed by atoms with van der Waals surface area (Å²) in [5.74, 6) is 4.14. The molecular formula is C14H22N2OS. The van der Waals surface area contributed by atoms with E-state index in [9.17, 15) is 0 Å². The second-order valence-electron chi connectivity index (χ2n) is 5.03. The first-order chi connectivity index (χ1) is 8.65. The second-order valence-corrected chi connectivity index (χ2v) is 6.18. The average molecular weight is 266 g/mol. The second kappa shape index (κ2) is 6.23. The summed E-state index contributed by atoms with van der Waals surface area (Å²) < 4.78 is 5.69. The van der Waals surface area contributed by atoms with E-state index in [-0.39, 0.29) is 6.10 Å². The zero-order valence-corrected chi connectivity index (χ0v) is 11.9. The zero-order chi connectivity index (χ0) is 13.0. The quantitative estimate of drug-likeness (QED) is 0.803. The number of nitrogens with one attached hydrogen (secondary N) is 1. The Bertz CT molecular complexity index is 389. The van der Waals surface area contributed by atoms with Gasteiger partial charge >= 0.3 is 0 Å². The molecule has 4 heteroatoms. The molecule has 100 valence electrons. The van der Waals surface area contributed by atoms with Gasteiger partial charge in [-0.05, 0) is 49.8 Å². The van der Waals surface area contributed by atoms with Gasteiger partial charge < -0.3 is 15.8 Å². The topological polar surface area (TPSA) is 47.3 Å². The first-order valence-electron chi connectivity index (χ1n) is 6.53. The maximum absolute atomic E-state index is 5.90. The number of ether oxygens (including phenoxy) is 1. The fraction of sp³-hybridized carbons (Fsp3) is 0.571. The van der Waals surface area contributed by atoms with Crippen LogP contribution < -0.4 is 15.8 Å². The largest absolute Gasteiger partial charge is 0.489 e. The molecule has 2 rings (SSSR count). The molecule has 0 amide bonds. The minimum absolute atomic E-state index is 0.147. The number of anilines is 2. The molecule has 0 spiro atoms. The molecule has 1 aliphatic heterocycles. The summed E-state index contributed by atoms with van der Waals surface area (Å²) in [7, 11) is 0. The van der Waals surface area contributed by atoms with E-state index in [1.807, 2.05) is 43.8 Å². The molecule has 1 aromatic rings. The maximum atomic E-state index is 5.90. The third-order valence-corrected chi connectivity index (χ3v) is 4.23. The number of hydrogen-bond acceptors (Lipinski definition) is 4. The highest BCUT2D eigenvalue weighted by molar-refractivity contribution is 7.99. The Morgan fingerprint density at radius 3 is 3.00 bits per heavy atom. The molecule has 18 heavy (non-hydrogen) atoms. The standard InChI is InChI=1S/C14H22N2OS/c1-10(2)17-14-7-12(3-4-13(14)15)16-8-11-5-6-18-9-11/h3-4,7,10-11,16H,5-6,8-9,15H2,1-2H3. The van der Waals surface area contributed by atoms with Gasteiger partial charge in [0.1, 0.15) is 5.75 Å². The summed E-state index contributed by atoms with van der Waals surface area (Å²) in [5, 5.41) is 3.48. The molecule has 1 unspecified atom stereocenters. The van der Waals surface area contributed by atoms with Gasteiger partial charge in [0.25, 0.3) is 0 Å². The van der Waals surface area contributed by atoms with Crippen molar-refractivity contribution in [3.63, 3.8) is 0 Å². The van der Waals surface area contributed by atoms with Crippen molar-refractivity contribution in [2.75, 3.05) is 29.1 Å². The van der Waals surface area contributed by atoms with Gasteiger partial charge in [0, 0.05) is 18.3 Å². The molecule has 0 aromatic heterocycles. The first-order valence-corrected chi connectivity index (χ1v) is 7.68. The fourth-order valence-electron chi connectivity index (χ4n) is 2.01. The SMILES string of the molecule is CC(C)Oc1cc(NCC2CCSC2)ccc1N. The maximum Gasteiger partial charge on any atom is 0.144 e. The highest BCUT2D eigenvalue weighted by atomic mass is 32.2. The van der Waals surface area contributed by atoms with Gasteiger partial charge in [0.15, 0.2) is 0 Å². The van der Waals surface area contributed by atoms with Crippen LogP contribution in [0.5, 0.6) is 5.75 Å². The highest BCUT2D eigenvalue weighted by Crippen LogP contribution is 2.28. The molecule has 3 N–H and O–H groups in total. The fourth-order valence-corrected chi connectivity index (χ4v) is 3.29. The highest BCUT2D eigenvalue weighted by Gasteiger charge is 2.15. The Hall–Kier alpha value is -1.03. The third-order valence-electron chi connectivity index (χ3n) is 3.00. The lowest BCUT2D eigenvalue weighted by Gasteiger charge is -2.15. The smallest absolute Gasteiger partial charge is 0.144 e. The molecule has 1 aliphatic rings. The Balaban J connectivity index is 1.95. The van der Waals surface area contributed by atoms with Crippen LogP contribution in [0.4, 0.5) is 11.4 Å². The Morgan fingerprint density at radius 2 is 2.33 bits per heavy atom. The van der Waals surface area contributed by atoms with Crippen molar-refractivity contribution < 1.29 is 4.74 Å². The van der Waals surface area contributed by atoms with Gasteiger partial charge in [0.05, 0.1) is 11.8 Å². The summed E-state index contributed by atoms with van der Waals surface area (Å²) in [6.45, 7) is 5.06. The number of rotatable bonds is 5. The van der Waals surface area contributed by atoms with Crippen LogP contribution in [0.1, 0.15) is 20.3 Å². The summed E-state index contributed by atoms with van der Waals surface area (Å²) in [5.41, 5.74) is 7.69. The molecule has 1 fully saturated rings. The van der Waals surface area contributed by atoms with E-state index in [4.69, 9.17) is 10.5 Å². The van der Waals surface area contributed by atoms with Crippen LogP contribution in [0.3, 0.4) is 0 Å². The number of hydrogen-bond donors (Lipinski definition) is 2. The Morgan fingerprint density at radius 1 is 1.50 bits per heavy atom. The van der Waals surface area contributed by atoms with E-state index in [1.54, 1.807) is 0 Å². The lowest BCUT2D eigenvalue weighted by atomic mass is 10.1. The van der Waals surface area contributed by atoms with Crippen molar-refractivity contribution in [3.05, 3.63) is 18.2 Å². The molecule has 0 bridgehead atoms. The van der Waals surface area contributed by atoms with E-state index in [0.717, 1.165) is 23.9 Å². The van der Waals surface area contributed by atoms with Gasteiger partial charge in [-0.2, -0.15) is 11.8 Å². The number of nitrogen functional groups attached to an aromatic ring is 1. The van der Waals surface area contributed by atoms with Crippen molar-refractivity contribution in [1.82, 2.24) is 0 Å². The van der Waals surface area contributed by atoms with Gasteiger partial charge in [-0.1, -0.05) is 0 Å². The lowest BCUT2D eigenvalue weighted by molar-refractivity contribution is 0.244. The van der Waals surface area contributed by atoms with Crippen LogP contribution in [0.2, 0.25) is 0 Å². The average Bonchev–Trinajstić information content (AvgIpc) is 2.82. The van der Waals surface area contributed by atoms with Crippen molar-refractivity contribution in [2.45, 2.75) is 26.4 Å². The number of benzene rings is 1. The molecule has 1 atom stereocenters. The van der Waals surface area contributed by atoms with E-state index in [2.05, 4.69) is 5.32 Å². The van der Waals surface area contributed by atoms with Crippen LogP contribution >= 0.6 is 11.8 Å². The van der Waals surface area contributed by atoms with Gasteiger partial charge in [-0.3, -0.25) is 0 Å². The number of thioether (sulfide) groups is 1. The van der Waals surface area contributed by atoms with Crippen molar-refractivity contribution in [1.29, 1.82) is 0 Å². The molecule has 1 aromatic carbocycles. The predicted molar refractivity (Wildman–Crippen MR) is 80.5 cm³/mol. The van der Waals surface area contributed by atoms with Crippen molar-refractivity contribution in [3.8, 4) is 5.75 Å². The zero-order valence-electron chi connectivity index (χ0n) is 11.1. The Kier molecular flexibility index (Phi) is 4.64. The minimum Gasteiger partial charge on any atom is -0.489 e. The number of nitrogens with two attached hydrogens (primary N) is 1. The minimum atomic E-state index is 0.147. The Labute approximate surface area is 113 Å². The van der Waals surface area contributed by atoms with Crippen molar-refractivity contribution >= 4 is 23.1 Å².